The smallest absolute Gasteiger partial charge is 0.254 e. The normalized spacial score (nSPS) is 13.9. The fourth-order valence-electron chi connectivity index (χ4n) is 3.45. The number of hydrogen-bond acceptors (Lipinski definition) is 7. The molecule has 1 fully saturated rings. The summed E-state index contributed by atoms with van der Waals surface area (Å²) in [5.74, 6) is 2.46. The van der Waals surface area contributed by atoms with E-state index >= 15 is 0 Å². The maximum Gasteiger partial charge on any atom is 0.254 e. The number of piperazine rings is 1. The van der Waals surface area contributed by atoms with Gasteiger partial charge in [0, 0.05) is 43.5 Å². The second-order valence-electron chi connectivity index (χ2n) is 6.90. The Morgan fingerprint density at radius 2 is 1.50 bits per heavy atom. The number of rotatable bonds is 8. The molecule has 8 heteroatoms. The summed E-state index contributed by atoms with van der Waals surface area (Å²) in [5, 5.41) is 0. The van der Waals surface area contributed by atoms with Gasteiger partial charge in [0.15, 0.2) is 11.5 Å². The van der Waals surface area contributed by atoms with Gasteiger partial charge in [-0.25, -0.2) is 9.97 Å². The SMILES string of the molecule is CCOc1cc(C(=O)N2CCN(c3cc(C)ncn3)CC2)cc(OCC)c1OCC. The van der Waals surface area contributed by atoms with Crippen LogP contribution in [0.25, 0.3) is 0 Å². The number of anilines is 1. The van der Waals surface area contributed by atoms with Gasteiger partial charge in [-0.3, -0.25) is 4.79 Å². The predicted octanol–water partition coefficient (Wildman–Crippen LogP) is 2.94. The van der Waals surface area contributed by atoms with Crippen molar-refractivity contribution in [2.45, 2.75) is 27.7 Å². The van der Waals surface area contributed by atoms with Crippen molar-refractivity contribution in [3.8, 4) is 17.2 Å². The van der Waals surface area contributed by atoms with Crippen LogP contribution in [0.4, 0.5) is 5.82 Å². The molecule has 3 rings (SSSR count). The van der Waals surface area contributed by atoms with E-state index < -0.39 is 0 Å². The largest absolute Gasteiger partial charge is 0.490 e. The highest BCUT2D eigenvalue weighted by atomic mass is 16.5. The van der Waals surface area contributed by atoms with Gasteiger partial charge in [0.1, 0.15) is 12.1 Å². The molecule has 0 spiro atoms. The average molecular weight is 415 g/mol. The van der Waals surface area contributed by atoms with E-state index in [9.17, 15) is 4.79 Å². The number of benzene rings is 1. The summed E-state index contributed by atoms with van der Waals surface area (Å²) in [5.41, 5.74) is 1.47. The van der Waals surface area contributed by atoms with Crippen LogP contribution < -0.4 is 19.1 Å². The summed E-state index contributed by atoms with van der Waals surface area (Å²) in [7, 11) is 0. The fraction of sp³-hybridized carbons (Fsp3) is 0.500. The molecule has 2 heterocycles. The van der Waals surface area contributed by atoms with Crippen LogP contribution in [0.2, 0.25) is 0 Å². The van der Waals surface area contributed by atoms with Crippen molar-refractivity contribution in [1.82, 2.24) is 14.9 Å². The van der Waals surface area contributed by atoms with E-state index in [-0.39, 0.29) is 5.91 Å². The molecule has 0 radical (unpaired) electrons. The highest BCUT2D eigenvalue weighted by Gasteiger charge is 2.25. The summed E-state index contributed by atoms with van der Waals surface area (Å²) in [6.07, 6.45) is 1.58. The van der Waals surface area contributed by atoms with Crippen molar-refractivity contribution in [1.29, 1.82) is 0 Å². The third-order valence-corrected chi connectivity index (χ3v) is 4.84. The lowest BCUT2D eigenvalue weighted by atomic mass is 10.1. The van der Waals surface area contributed by atoms with Crippen LogP contribution in [-0.2, 0) is 0 Å². The van der Waals surface area contributed by atoms with Gasteiger partial charge in [-0.2, -0.15) is 0 Å². The maximum atomic E-state index is 13.2. The van der Waals surface area contributed by atoms with Crippen LogP contribution in [-0.4, -0.2) is 66.8 Å². The first kappa shape index (κ1) is 21.7. The minimum atomic E-state index is -0.0431. The summed E-state index contributed by atoms with van der Waals surface area (Å²) in [4.78, 5) is 25.7. The molecule has 162 valence electrons. The van der Waals surface area contributed by atoms with Gasteiger partial charge < -0.3 is 24.0 Å². The Kier molecular flexibility index (Phi) is 7.32. The number of aromatic nitrogens is 2. The van der Waals surface area contributed by atoms with E-state index in [0.717, 1.165) is 24.6 Å². The van der Waals surface area contributed by atoms with Crippen LogP contribution in [0.1, 0.15) is 36.8 Å². The van der Waals surface area contributed by atoms with Gasteiger partial charge in [0.25, 0.3) is 5.91 Å². The van der Waals surface area contributed by atoms with Crippen molar-refractivity contribution in [3.63, 3.8) is 0 Å². The number of hydrogen-bond donors (Lipinski definition) is 0. The zero-order chi connectivity index (χ0) is 21.5. The Hall–Kier alpha value is -3.03. The minimum absolute atomic E-state index is 0.0431. The number of ether oxygens (including phenoxy) is 3. The zero-order valence-electron chi connectivity index (χ0n) is 18.2. The lowest BCUT2D eigenvalue weighted by Gasteiger charge is -2.35. The minimum Gasteiger partial charge on any atom is -0.490 e. The Balaban J connectivity index is 1.77. The molecule has 2 aromatic rings. The Labute approximate surface area is 177 Å². The number of aryl methyl sites for hydroxylation is 1. The van der Waals surface area contributed by atoms with E-state index in [2.05, 4.69) is 14.9 Å². The molecule has 0 bridgehead atoms. The predicted molar refractivity (Wildman–Crippen MR) is 115 cm³/mol. The van der Waals surface area contributed by atoms with Crippen molar-refractivity contribution < 1.29 is 19.0 Å². The number of carbonyl (C=O) groups excluding carboxylic acids is 1. The summed E-state index contributed by atoms with van der Waals surface area (Å²) >= 11 is 0. The van der Waals surface area contributed by atoms with Crippen molar-refractivity contribution >= 4 is 11.7 Å². The Morgan fingerprint density at radius 3 is 2.03 bits per heavy atom. The molecular formula is C22H30N4O4. The summed E-state index contributed by atoms with van der Waals surface area (Å²) < 4.78 is 17.2. The summed E-state index contributed by atoms with van der Waals surface area (Å²) in [6.45, 7) is 11.7. The molecule has 0 N–H and O–H groups in total. The third-order valence-electron chi connectivity index (χ3n) is 4.84. The van der Waals surface area contributed by atoms with Crippen molar-refractivity contribution in [2.24, 2.45) is 0 Å². The van der Waals surface area contributed by atoms with E-state index in [1.54, 1.807) is 18.5 Å². The van der Waals surface area contributed by atoms with Gasteiger partial charge in [-0.15, -0.1) is 0 Å². The fourth-order valence-corrected chi connectivity index (χ4v) is 3.45. The lowest BCUT2D eigenvalue weighted by Crippen LogP contribution is -2.49. The highest BCUT2D eigenvalue weighted by Crippen LogP contribution is 2.39. The van der Waals surface area contributed by atoms with E-state index in [1.807, 2.05) is 38.7 Å². The van der Waals surface area contributed by atoms with Gasteiger partial charge in [-0.05, 0) is 39.8 Å². The van der Waals surface area contributed by atoms with Crippen LogP contribution in [0.5, 0.6) is 17.2 Å². The third kappa shape index (κ3) is 4.93. The first-order chi connectivity index (χ1) is 14.6. The quantitative estimate of drug-likeness (QED) is 0.657. The summed E-state index contributed by atoms with van der Waals surface area (Å²) in [6, 6.07) is 5.46. The molecule has 1 aromatic heterocycles. The monoisotopic (exact) mass is 414 g/mol. The lowest BCUT2D eigenvalue weighted by molar-refractivity contribution is 0.0745. The molecule has 0 atom stereocenters. The molecule has 1 saturated heterocycles. The van der Waals surface area contributed by atoms with Crippen molar-refractivity contribution in [3.05, 3.63) is 35.8 Å². The average Bonchev–Trinajstić information content (AvgIpc) is 2.76. The molecule has 0 aliphatic carbocycles. The zero-order valence-corrected chi connectivity index (χ0v) is 18.2. The molecule has 8 nitrogen and oxygen atoms in total. The van der Waals surface area contributed by atoms with Gasteiger partial charge >= 0.3 is 0 Å². The van der Waals surface area contributed by atoms with Crippen LogP contribution in [0, 0.1) is 6.92 Å². The van der Waals surface area contributed by atoms with E-state index in [1.165, 1.54) is 0 Å². The Morgan fingerprint density at radius 1 is 0.900 bits per heavy atom. The topological polar surface area (TPSA) is 77.0 Å². The first-order valence-electron chi connectivity index (χ1n) is 10.5. The van der Waals surface area contributed by atoms with Crippen LogP contribution >= 0.6 is 0 Å². The molecule has 1 aliphatic rings. The highest BCUT2D eigenvalue weighted by molar-refractivity contribution is 5.95. The maximum absolute atomic E-state index is 13.2. The molecule has 1 aliphatic heterocycles. The number of nitrogens with zero attached hydrogens (tertiary/aromatic N) is 4. The molecule has 0 saturated carbocycles. The Bertz CT molecular complexity index is 839. The van der Waals surface area contributed by atoms with Crippen molar-refractivity contribution in [2.75, 3.05) is 50.9 Å². The standard InChI is InChI=1S/C22H30N4O4/c1-5-28-18-13-17(14-19(29-6-2)21(18)30-7-3)22(27)26-10-8-25(9-11-26)20-12-16(4)23-15-24-20/h12-15H,5-11H2,1-4H3. The first-order valence-corrected chi connectivity index (χ1v) is 10.5. The van der Waals surface area contributed by atoms with Crippen LogP contribution in [0.15, 0.2) is 24.5 Å². The number of carbonyl (C=O) groups is 1. The molecule has 0 unspecified atom stereocenters. The van der Waals surface area contributed by atoms with E-state index in [0.29, 0.717) is 55.7 Å². The van der Waals surface area contributed by atoms with Gasteiger partial charge in [-0.1, -0.05) is 0 Å². The second kappa shape index (κ2) is 10.1. The molecular weight excluding hydrogens is 384 g/mol. The van der Waals surface area contributed by atoms with Crippen LogP contribution in [0.3, 0.4) is 0 Å². The second-order valence-corrected chi connectivity index (χ2v) is 6.90. The van der Waals surface area contributed by atoms with E-state index in [4.69, 9.17) is 14.2 Å². The molecule has 1 amide bonds. The van der Waals surface area contributed by atoms with Gasteiger partial charge in [0.05, 0.1) is 19.8 Å². The van der Waals surface area contributed by atoms with Gasteiger partial charge in [0.2, 0.25) is 5.75 Å². The molecule has 30 heavy (non-hydrogen) atoms. The molecule has 1 aromatic carbocycles. The number of amides is 1.